The third kappa shape index (κ3) is 2.69. The van der Waals surface area contributed by atoms with Crippen molar-refractivity contribution < 1.29 is 0 Å². The Balaban J connectivity index is 2.13. The van der Waals surface area contributed by atoms with Crippen LogP contribution in [-0.2, 0) is 0 Å². The molecule has 1 fully saturated rings. The van der Waals surface area contributed by atoms with Crippen LogP contribution in [0.4, 0.5) is 5.69 Å². The van der Waals surface area contributed by atoms with E-state index in [-0.39, 0.29) is 0 Å². The Labute approximate surface area is 96.9 Å². The molecule has 15 heavy (non-hydrogen) atoms. The van der Waals surface area contributed by atoms with E-state index in [1.165, 1.54) is 48.7 Å². The second kappa shape index (κ2) is 5.45. The summed E-state index contributed by atoms with van der Waals surface area (Å²) in [4.78, 5) is 3.99. The molecule has 0 saturated carbocycles. The van der Waals surface area contributed by atoms with E-state index in [0.717, 1.165) is 0 Å². The van der Waals surface area contributed by atoms with Crippen molar-refractivity contribution in [2.75, 3.05) is 23.7 Å². The minimum atomic E-state index is 1.23. The monoisotopic (exact) mass is 221 g/mol. The number of hydrogen-bond acceptors (Lipinski definition) is 2. The lowest BCUT2D eigenvalue weighted by molar-refractivity contribution is 0.949. The minimum absolute atomic E-state index is 1.23. The fourth-order valence-electron chi connectivity index (χ4n) is 2.01. The Morgan fingerprint density at radius 3 is 2.67 bits per heavy atom. The number of hydrogen-bond donors (Lipinski definition) is 0. The number of para-hydroxylation sites is 1. The van der Waals surface area contributed by atoms with Gasteiger partial charge < -0.3 is 4.90 Å². The Morgan fingerprint density at radius 2 is 1.93 bits per heavy atom. The maximum Gasteiger partial charge on any atom is 0.0504 e. The third-order valence-electron chi connectivity index (χ3n) is 2.77. The molecule has 0 amide bonds. The number of thioether (sulfide) groups is 1. The first-order valence-electron chi connectivity index (χ1n) is 5.88. The van der Waals surface area contributed by atoms with Gasteiger partial charge in [-0.2, -0.15) is 0 Å². The molecule has 1 heterocycles. The van der Waals surface area contributed by atoms with E-state index >= 15 is 0 Å². The molecule has 1 saturated heterocycles. The van der Waals surface area contributed by atoms with Gasteiger partial charge in [0.05, 0.1) is 5.69 Å². The zero-order valence-electron chi connectivity index (χ0n) is 9.41. The average Bonchev–Trinajstić information content (AvgIpc) is 2.80. The summed E-state index contributed by atoms with van der Waals surface area (Å²) in [6.45, 7) is 4.72. The standard InChI is InChI=1S/C13H19NS/c1-2-11-15-13-8-4-3-7-12(13)14-9-5-6-10-14/h3-4,7-8H,2,5-6,9-11H2,1H3. The summed E-state index contributed by atoms with van der Waals surface area (Å²) in [5.74, 6) is 1.23. The molecule has 0 N–H and O–H groups in total. The van der Waals surface area contributed by atoms with Gasteiger partial charge in [0.25, 0.3) is 0 Å². The van der Waals surface area contributed by atoms with Crippen molar-refractivity contribution >= 4 is 17.4 Å². The largest absolute Gasteiger partial charge is 0.371 e. The van der Waals surface area contributed by atoms with Crippen LogP contribution in [-0.4, -0.2) is 18.8 Å². The summed E-state index contributed by atoms with van der Waals surface area (Å²) in [7, 11) is 0. The lowest BCUT2D eigenvalue weighted by Gasteiger charge is -2.20. The Hall–Kier alpha value is -0.630. The summed E-state index contributed by atoms with van der Waals surface area (Å²) in [5, 5.41) is 0. The van der Waals surface area contributed by atoms with E-state index in [2.05, 4.69) is 36.1 Å². The van der Waals surface area contributed by atoms with E-state index in [1.54, 1.807) is 0 Å². The molecule has 1 aromatic rings. The van der Waals surface area contributed by atoms with Crippen molar-refractivity contribution in [1.29, 1.82) is 0 Å². The molecule has 0 bridgehead atoms. The maximum atomic E-state index is 2.53. The molecule has 0 unspecified atom stereocenters. The molecule has 82 valence electrons. The van der Waals surface area contributed by atoms with Crippen LogP contribution in [0.15, 0.2) is 29.2 Å². The van der Waals surface area contributed by atoms with Crippen molar-refractivity contribution in [2.24, 2.45) is 0 Å². The van der Waals surface area contributed by atoms with E-state index in [9.17, 15) is 0 Å². The van der Waals surface area contributed by atoms with Gasteiger partial charge in [-0.3, -0.25) is 0 Å². The zero-order chi connectivity index (χ0) is 10.5. The van der Waals surface area contributed by atoms with E-state index in [1.807, 2.05) is 11.8 Å². The molecule has 1 aromatic carbocycles. The molecule has 0 spiro atoms. The van der Waals surface area contributed by atoms with Crippen LogP contribution in [0.5, 0.6) is 0 Å². The van der Waals surface area contributed by atoms with Crippen LogP contribution < -0.4 is 4.90 Å². The first kappa shape index (κ1) is 10.9. The van der Waals surface area contributed by atoms with Crippen LogP contribution >= 0.6 is 11.8 Å². The number of nitrogens with zero attached hydrogens (tertiary/aromatic N) is 1. The Morgan fingerprint density at radius 1 is 1.20 bits per heavy atom. The zero-order valence-corrected chi connectivity index (χ0v) is 10.2. The Kier molecular flexibility index (Phi) is 3.95. The first-order valence-corrected chi connectivity index (χ1v) is 6.87. The number of rotatable bonds is 4. The molecule has 2 heteroatoms. The summed E-state index contributed by atoms with van der Waals surface area (Å²) >= 11 is 1.99. The SMILES string of the molecule is CCCSc1ccccc1N1CCCC1. The molecular formula is C13H19NS. The lowest BCUT2D eigenvalue weighted by Crippen LogP contribution is -2.18. The summed E-state index contributed by atoms with van der Waals surface area (Å²) in [6, 6.07) is 8.83. The van der Waals surface area contributed by atoms with Crippen LogP contribution in [0.1, 0.15) is 26.2 Å². The van der Waals surface area contributed by atoms with Gasteiger partial charge in [-0.15, -0.1) is 11.8 Å². The predicted molar refractivity (Wildman–Crippen MR) is 68.9 cm³/mol. The number of anilines is 1. The van der Waals surface area contributed by atoms with Crippen molar-refractivity contribution in [3.05, 3.63) is 24.3 Å². The van der Waals surface area contributed by atoms with Gasteiger partial charge in [-0.1, -0.05) is 19.1 Å². The number of benzene rings is 1. The van der Waals surface area contributed by atoms with Crippen LogP contribution in [0.25, 0.3) is 0 Å². The highest BCUT2D eigenvalue weighted by molar-refractivity contribution is 7.99. The van der Waals surface area contributed by atoms with Crippen molar-refractivity contribution in [2.45, 2.75) is 31.1 Å². The topological polar surface area (TPSA) is 3.24 Å². The normalized spacial score (nSPS) is 15.9. The van der Waals surface area contributed by atoms with Crippen LogP contribution in [0.2, 0.25) is 0 Å². The fraction of sp³-hybridized carbons (Fsp3) is 0.538. The van der Waals surface area contributed by atoms with Gasteiger partial charge in [0.1, 0.15) is 0 Å². The van der Waals surface area contributed by atoms with Crippen molar-refractivity contribution in [1.82, 2.24) is 0 Å². The summed E-state index contributed by atoms with van der Waals surface area (Å²) < 4.78 is 0. The van der Waals surface area contributed by atoms with Crippen molar-refractivity contribution in [3.8, 4) is 0 Å². The van der Waals surface area contributed by atoms with Crippen LogP contribution in [0, 0.1) is 0 Å². The molecule has 2 rings (SSSR count). The summed E-state index contributed by atoms with van der Waals surface area (Å²) in [6.07, 6.45) is 3.96. The maximum absolute atomic E-state index is 2.53. The van der Waals surface area contributed by atoms with Gasteiger partial charge in [0, 0.05) is 18.0 Å². The molecule has 1 aliphatic heterocycles. The molecule has 0 aromatic heterocycles. The first-order chi connectivity index (χ1) is 7.42. The Bertz CT molecular complexity index is 305. The molecule has 0 radical (unpaired) electrons. The fourth-order valence-corrected chi connectivity index (χ4v) is 2.95. The van der Waals surface area contributed by atoms with Gasteiger partial charge in [-0.05, 0) is 37.1 Å². The average molecular weight is 221 g/mol. The van der Waals surface area contributed by atoms with Gasteiger partial charge in [0.15, 0.2) is 0 Å². The van der Waals surface area contributed by atoms with E-state index in [4.69, 9.17) is 0 Å². The second-order valence-electron chi connectivity index (χ2n) is 4.01. The highest BCUT2D eigenvalue weighted by atomic mass is 32.2. The smallest absolute Gasteiger partial charge is 0.0504 e. The highest BCUT2D eigenvalue weighted by Crippen LogP contribution is 2.32. The van der Waals surface area contributed by atoms with Crippen LogP contribution in [0.3, 0.4) is 0 Å². The molecule has 0 atom stereocenters. The van der Waals surface area contributed by atoms with Gasteiger partial charge in [-0.25, -0.2) is 0 Å². The predicted octanol–water partition coefficient (Wildman–Crippen LogP) is 3.79. The summed E-state index contributed by atoms with van der Waals surface area (Å²) in [5.41, 5.74) is 1.45. The quantitative estimate of drug-likeness (QED) is 0.712. The second-order valence-corrected chi connectivity index (χ2v) is 5.15. The third-order valence-corrected chi connectivity index (χ3v) is 4.04. The van der Waals surface area contributed by atoms with E-state index in [0.29, 0.717) is 0 Å². The van der Waals surface area contributed by atoms with Gasteiger partial charge in [0.2, 0.25) is 0 Å². The molecule has 1 nitrogen and oxygen atoms in total. The van der Waals surface area contributed by atoms with Gasteiger partial charge >= 0.3 is 0 Å². The molecular weight excluding hydrogens is 202 g/mol. The highest BCUT2D eigenvalue weighted by Gasteiger charge is 2.14. The van der Waals surface area contributed by atoms with Crippen molar-refractivity contribution in [3.63, 3.8) is 0 Å². The lowest BCUT2D eigenvalue weighted by atomic mass is 10.3. The minimum Gasteiger partial charge on any atom is -0.371 e. The van der Waals surface area contributed by atoms with E-state index < -0.39 is 0 Å². The molecule has 0 aliphatic carbocycles. The molecule has 1 aliphatic rings.